The van der Waals surface area contributed by atoms with Crippen LogP contribution in [0.2, 0.25) is 0 Å². The third-order valence-electron chi connectivity index (χ3n) is 2.70. The van der Waals surface area contributed by atoms with Crippen molar-refractivity contribution in [1.82, 2.24) is 20.3 Å². The molecule has 0 saturated carbocycles. The third-order valence-corrected chi connectivity index (χ3v) is 2.70. The van der Waals surface area contributed by atoms with E-state index < -0.39 is 5.97 Å². The zero-order chi connectivity index (χ0) is 13.8. The van der Waals surface area contributed by atoms with Gasteiger partial charge in [0, 0.05) is 13.0 Å². The molecular weight excluding hydrogens is 248 g/mol. The van der Waals surface area contributed by atoms with Crippen molar-refractivity contribution in [3.8, 4) is 0 Å². The highest BCUT2D eigenvalue weighted by Crippen LogP contribution is 2.16. The van der Waals surface area contributed by atoms with Gasteiger partial charge in [-0.3, -0.25) is 4.79 Å². The Balaban J connectivity index is 2.24. The predicted molar refractivity (Wildman–Crippen MR) is 67.8 cm³/mol. The summed E-state index contributed by atoms with van der Waals surface area (Å²) in [6, 6.07) is 4.85. The Kier molecular flexibility index (Phi) is 3.74. The quantitative estimate of drug-likeness (QED) is 0.824. The molecule has 0 aliphatic heterocycles. The van der Waals surface area contributed by atoms with Gasteiger partial charge in [-0.2, -0.15) is 0 Å². The summed E-state index contributed by atoms with van der Waals surface area (Å²) in [4.78, 5) is 22.4. The van der Waals surface area contributed by atoms with Crippen LogP contribution in [0, 0.1) is 0 Å². The molecule has 0 aliphatic carbocycles. The van der Waals surface area contributed by atoms with Gasteiger partial charge in [0.1, 0.15) is 5.52 Å². The van der Waals surface area contributed by atoms with Crippen LogP contribution in [-0.4, -0.2) is 38.5 Å². The molecule has 1 aromatic heterocycles. The van der Waals surface area contributed by atoms with Crippen molar-refractivity contribution >= 4 is 22.9 Å². The normalized spacial score (nSPS) is 10.6. The summed E-state index contributed by atoms with van der Waals surface area (Å²) in [5.74, 6) is -1.11. The number of amides is 1. The molecule has 1 heterocycles. The Hall–Kier alpha value is -2.44. The number of fused-ring (bicyclic) bond motifs is 1. The number of aromatic carboxylic acids is 1. The summed E-state index contributed by atoms with van der Waals surface area (Å²) in [6.45, 7) is 2.80. The predicted octanol–water partition coefficient (Wildman–Crippen LogP) is 0.656. The van der Waals surface area contributed by atoms with Crippen molar-refractivity contribution in [2.75, 3.05) is 6.54 Å². The Labute approximate surface area is 109 Å². The smallest absolute Gasteiger partial charge is 0.338 e. The first-order chi connectivity index (χ1) is 9.13. The highest BCUT2D eigenvalue weighted by atomic mass is 16.4. The van der Waals surface area contributed by atoms with Crippen molar-refractivity contribution in [3.05, 3.63) is 23.8 Å². The molecule has 0 aliphatic rings. The molecule has 100 valence electrons. The first-order valence-corrected chi connectivity index (χ1v) is 5.95. The molecule has 0 spiro atoms. The molecular formula is C12H14N4O3. The zero-order valence-electron chi connectivity index (χ0n) is 10.5. The number of carboxylic acids is 1. The molecule has 0 unspecified atom stereocenters. The lowest BCUT2D eigenvalue weighted by atomic mass is 10.2. The van der Waals surface area contributed by atoms with Crippen molar-refractivity contribution < 1.29 is 14.7 Å². The maximum atomic E-state index is 11.4. The largest absolute Gasteiger partial charge is 0.478 e. The van der Waals surface area contributed by atoms with Gasteiger partial charge in [-0.25, -0.2) is 9.48 Å². The van der Waals surface area contributed by atoms with E-state index in [1.54, 1.807) is 12.1 Å². The molecule has 7 nitrogen and oxygen atoms in total. The van der Waals surface area contributed by atoms with Crippen LogP contribution in [0.3, 0.4) is 0 Å². The van der Waals surface area contributed by atoms with E-state index in [1.807, 2.05) is 6.92 Å². The molecule has 19 heavy (non-hydrogen) atoms. The molecule has 2 N–H and O–H groups in total. The number of aryl methyl sites for hydroxylation is 1. The van der Waals surface area contributed by atoms with Crippen molar-refractivity contribution in [2.45, 2.75) is 19.9 Å². The summed E-state index contributed by atoms with van der Waals surface area (Å²) in [6.07, 6.45) is 0.281. The topological polar surface area (TPSA) is 97.1 Å². The molecule has 7 heteroatoms. The number of aromatic nitrogens is 3. The number of carboxylic acid groups (broad SMARTS) is 1. The summed E-state index contributed by atoms with van der Waals surface area (Å²) < 4.78 is 1.54. The lowest BCUT2D eigenvalue weighted by Gasteiger charge is -2.03. The molecule has 0 atom stereocenters. The highest BCUT2D eigenvalue weighted by Gasteiger charge is 2.13. The summed E-state index contributed by atoms with van der Waals surface area (Å²) >= 11 is 0. The number of carbonyl (C=O) groups is 2. The van der Waals surface area contributed by atoms with E-state index in [4.69, 9.17) is 5.11 Å². The van der Waals surface area contributed by atoms with Crippen LogP contribution < -0.4 is 5.32 Å². The average Bonchev–Trinajstić information content (AvgIpc) is 2.79. The summed E-state index contributed by atoms with van der Waals surface area (Å²) in [7, 11) is 0. The van der Waals surface area contributed by atoms with Gasteiger partial charge in [-0.05, 0) is 19.1 Å². The summed E-state index contributed by atoms with van der Waals surface area (Å²) in [5, 5.41) is 19.5. The van der Waals surface area contributed by atoms with Gasteiger partial charge in [0.05, 0.1) is 17.6 Å². The first-order valence-electron chi connectivity index (χ1n) is 5.95. The number of rotatable bonds is 5. The number of nitrogens with zero attached hydrogens (tertiary/aromatic N) is 3. The standard InChI is InChI=1S/C12H14N4O3/c1-2-13-10(17)6-7-16-9-5-3-4-8(12(18)19)11(9)14-15-16/h3-5H,2,6-7H2,1H3,(H,13,17)(H,18,19). The van der Waals surface area contributed by atoms with Crippen LogP contribution in [0.15, 0.2) is 18.2 Å². The third kappa shape index (κ3) is 2.70. The molecule has 0 radical (unpaired) electrons. The summed E-state index contributed by atoms with van der Waals surface area (Å²) in [5.41, 5.74) is 1.07. The van der Waals surface area contributed by atoms with E-state index in [0.29, 0.717) is 24.1 Å². The Morgan fingerprint density at radius 2 is 2.21 bits per heavy atom. The molecule has 1 aromatic carbocycles. The maximum absolute atomic E-state index is 11.4. The van der Waals surface area contributed by atoms with Crippen LogP contribution in [-0.2, 0) is 11.3 Å². The molecule has 0 bridgehead atoms. The van der Waals surface area contributed by atoms with Gasteiger partial charge in [0.25, 0.3) is 0 Å². The van der Waals surface area contributed by atoms with E-state index in [9.17, 15) is 9.59 Å². The van der Waals surface area contributed by atoms with Gasteiger partial charge >= 0.3 is 5.97 Å². The van der Waals surface area contributed by atoms with Gasteiger partial charge < -0.3 is 10.4 Å². The Bertz CT molecular complexity index is 620. The van der Waals surface area contributed by atoms with Gasteiger partial charge in [0.2, 0.25) is 5.91 Å². The minimum absolute atomic E-state index is 0.0689. The van der Waals surface area contributed by atoms with Gasteiger partial charge in [-0.15, -0.1) is 5.10 Å². The second-order valence-electron chi connectivity index (χ2n) is 3.99. The van der Waals surface area contributed by atoms with Gasteiger partial charge in [-0.1, -0.05) is 11.3 Å². The van der Waals surface area contributed by atoms with E-state index in [1.165, 1.54) is 10.7 Å². The van der Waals surface area contributed by atoms with Crippen LogP contribution >= 0.6 is 0 Å². The fourth-order valence-electron chi connectivity index (χ4n) is 1.82. The monoisotopic (exact) mass is 262 g/mol. The van der Waals surface area contributed by atoms with Crippen molar-refractivity contribution in [1.29, 1.82) is 0 Å². The minimum atomic E-state index is -1.04. The minimum Gasteiger partial charge on any atom is -0.478 e. The first kappa shape index (κ1) is 13.0. The highest BCUT2D eigenvalue weighted by molar-refractivity contribution is 6.00. The van der Waals surface area contributed by atoms with Crippen LogP contribution in [0.1, 0.15) is 23.7 Å². The van der Waals surface area contributed by atoms with E-state index in [2.05, 4.69) is 15.6 Å². The molecule has 2 rings (SSSR count). The van der Waals surface area contributed by atoms with Crippen LogP contribution in [0.5, 0.6) is 0 Å². The van der Waals surface area contributed by atoms with Crippen LogP contribution in [0.4, 0.5) is 0 Å². The molecule has 1 amide bonds. The SMILES string of the molecule is CCNC(=O)CCn1nnc2c(C(=O)O)cccc21. The fraction of sp³-hybridized carbons (Fsp3) is 0.333. The van der Waals surface area contributed by atoms with Crippen molar-refractivity contribution in [2.24, 2.45) is 0 Å². The maximum Gasteiger partial charge on any atom is 0.338 e. The van der Waals surface area contributed by atoms with E-state index in [0.717, 1.165) is 0 Å². The fourth-order valence-corrected chi connectivity index (χ4v) is 1.82. The molecule has 0 saturated heterocycles. The number of hydrogen-bond acceptors (Lipinski definition) is 4. The Morgan fingerprint density at radius 1 is 1.42 bits per heavy atom. The van der Waals surface area contributed by atoms with E-state index in [-0.39, 0.29) is 17.9 Å². The van der Waals surface area contributed by atoms with E-state index >= 15 is 0 Å². The van der Waals surface area contributed by atoms with Gasteiger partial charge in [0.15, 0.2) is 0 Å². The average molecular weight is 262 g/mol. The molecule has 0 fully saturated rings. The number of hydrogen-bond donors (Lipinski definition) is 2. The lowest BCUT2D eigenvalue weighted by molar-refractivity contribution is -0.121. The number of carbonyl (C=O) groups excluding carboxylic acids is 1. The second kappa shape index (κ2) is 5.47. The lowest BCUT2D eigenvalue weighted by Crippen LogP contribution is -2.23. The van der Waals surface area contributed by atoms with Crippen molar-refractivity contribution in [3.63, 3.8) is 0 Å². The number of benzene rings is 1. The zero-order valence-corrected chi connectivity index (χ0v) is 10.5. The van der Waals surface area contributed by atoms with Crippen LogP contribution in [0.25, 0.3) is 11.0 Å². The second-order valence-corrected chi connectivity index (χ2v) is 3.99. The Morgan fingerprint density at radius 3 is 2.89 bits per heavy atom. The molecule has 2 aromatic rings. The number of nitrogens with one attached hydrogen (secondary N) is 1.